The number of hydrogen-bond acceptors (Lipinski definition) is 4. The number of cyclic esters (lactones) is 1. The zero-order chi connectivity index (χ0) is 10.8. The molecular weight excluding hydrogens is 234 g/mol. The molecule has 1 aromatic rings. The summed E-state index contributed by atoms with van der Waals surface area (Å²) in [7, 11) is 1.47. The maximum atomic E-state index is 10.8. The van der Waals surface area contributed by atoms with Gasteiger partial charge in [-0.15, -0.1) is 12.4 Å². The highest BCUT2D eigenvalue weighted by Gasteiger charge is 2.26. The lowest BCUT2D eigenvalue weighted by molar-refractivity contribution is 0.176. The Bertz CT molecular complexity index is 396. The minimum absolute atomic E-state index is 0. The summed E-state index contributed by atoms with van der Waals surface area (Å²) in [5.41, 5.74) is 0.597. The van der Waals surface area contributed by atoms with Crippen molar-refractivity contribution in [3.05, 3.63) is 23.8 Å². The van der Waals surface area contributed by atoms with Crippen LogP contribution in [0.4, 0.5) is 4.79 Å². The summed E-state index contributed by atoms with van der Waals surface area (Å²) in [4.78, 5) is 10.8. The van der Waals surface area contributed by atoms with E-state index < -0.39 is 6.09 Å². The first-order valence-corrected chi connectivity index (χ1v) is 4.51. The average molecular weight is 246 g/mol. The molecule has 2 N–H and O–H groups in total. The van der Waals surface area contributed by atoms with E-state index in [1.165, 1.54) is 7.11 Å². The number of alkyl carbamates (subject to hydrolysis) is 1. The van der Waals surface area contributed by atoms with Gasteiger partial charge in [0, 0.05) is 5.56 Å². The van der Waals surface area contributed by atoms with Crippen LogP contribution in [0.1, 0.15) is 11.6 Å². The molecule has 1 fully saturated rings. The molecule has 5 nitrogen and oxygen atoms in total. The number of para-hydroxylation sites is 1. The molecule has 0 radical (unpaired) electrons. The van der Waals surface area contributed by atoms with Crippen LogP contribution in [0, 0.1) is 0 Å². The van der Waals surface area contributed by atoms with Crippen molar-refractivity contribution in [1.82, 2.24) is 5.32 Å². The molecule has 16 heavy (non-hydrogen) atoms. The lowest BCUT2D eigenvalue weighted by Gasteiger charge is -2.12. The number of carbonyl (C=O) groups excluding carboxylic acids is 1. The minimum atomic E-state index is -0.470. The molecule has 0 saturated carbocycles. The van der Waals surface area contributed by atoms with E-state index in [9.17, 15) is 9.90 Å². The van der Waals surface area contributed by atoms with Gasteiger partial charge in [0.2, 0.25) is 0 Å². The molecule has 1 heterocycles. The normalized spacial score (nSPS) is 18.3. The Morgan fingerprint density at radius 2 is 2.31 bits per heavy atom. The Labute approximate surface area is 98.8 Å². The second-order valence-electron chi connectivity index (χ2n) is 3.19. The van der Waals surface area contributed by atoms with Gasteiger partial charge in [0.15, 0.2) is 11.5 Å². The molecule has 1 amide bonds. The molecular formula is C10H12ClNO4. The number of phenols is 1. The van der Waals surface area contributed by atoms with Gasteiger partial charge in [-0.1, -0.05) is 12.1 Å². The van der Waals surface area contributed by atoms with Crippen LogP contribution in [-0.4, -0.2) is 24.9 Å². The topological polar surface area (TPSA) is 67.8 Å². The standard InChI is InChI=1S/C10H11NO4.ClH/c1-14-8-4-2-3-6(9(8)12)7-5-15-10(13)11-7;/h2-4,7,12H,5H2,1H3,(H,11,13);1H/t7-;/m1./s1. The number of hydrogen-bond donors (Lipinski definition) is 2. The lowest BCUT2D eigenvalue weighted by atomic mass is 10.1. The summed E-state index contributed by atoms with van der Waals surface area (Å²) in [5, 5.41) is 12.4. The van der Waals surface area contributed by atoms with E-state index in [0.717, 1.165) is 0 Å². The third-order valence-corrected chi connectivity index (χ3v) is 2.30. The number of phenolic OH excluding ortho intramolecular Hbond substituents is 1. The van der Waals surface area contributed by atoms with E-state index >= 15 is 0 Å². The smallest absolute Gasteiger partial charge is 0.407 e. The molecule has 1 saturated heterocycles. The first-order valence-electron chi connectivity index (χ1n) is 4.51. The molecule has 1 atom stereocenters. The zero-order valence-electron chi connectivity index (χ0n) is 8.60. The Morgan fingerprint density at radius 1 is 1.56 bits per heavy atom. The third-order valence-electron chi connectivity index (χ3n) is 2.30. The Morgan fingerprint density at radius 3 is 2.88 bits per heavy atom. The van der Waals surface area contributed by atoms with Gasteiger partial charge in [-0.25, -0.2) is 4.79 Å². The molecule has 6 heteroatoms. The Kier molecular flexibility index (Phi) is 3.84. The first-order chi connectivity index (χ1) is 7.22. The molecule has 1 aliphatic rings. The van der Waals surface area contributed by atoms with Crippen molar-refractivity contribution in [1.29, 1.82) is 0 Å². The fraction of sp³-hybridized carbons (Fsp3) is 0.300. The van der Waals surface area contributed by atoms with E-state index in [1.54, 1.807) is 18.2 Å². The van der Waals surface area contributed by atoms with Gasteiger partial charge in [-0.3, -0.25) is 0 Å². The van der Waals surface area contributed by atoms with E-state index in [2.05, 4.69) is 5.32 Å². The van der Waals surface area contributed by atoms with Crippen LogP contribution in [0.5, 0.6) is 11.5 Å². The summed E-state index contributed by atoms with van der Waals surface area (Å²) in [6, 6.07) is 4.80. The number of ether oxygens (including phenoxy) is 2. The molecule has 0 aromatic heterocycles. The number of benzene rings is 1. The largest absolute Gasteiger partial charge is 0.504 e. The van der Waals surface area contributed by atoms with E-state index in [-0.39, 0.29) is 30.8 Å². The number of methoxy groups -OCH3 is 1. The van der Waals surface area contributed by atoms with Gasteiger partial charge < -0.3 is 19.9 Å². The third kappa shape index (κ3) is 2.14. The zero-order valence-corrected chi connectivity index (χ0v) is 9.41. The molecule has 0 aliphatic carbocycles. The summed E-state index contributed by atoms with van der Waals surface area (Å²) >= 11 is 0. The summed E-state index contributed by atoms with van der Waals surface area (Å²) in [6.45, 7) is 0.222. The summed E-state index contributed by atoms with van der Waals surface area (Å²) in [5.74, 6) is 0.421. The lowest BCUT2D eigenvalue weighted by Crippen LogP contribution is -2.18. The minimum Gasteiger partial charge on any atom is -0.504 e. The van der Waals surface area contributed by atoms with Crippen molar-refractivity contribution in [3.63, 3.8) is 0 Å². The highest BCUT2D eigenvalue weighted by Crippen LogP contribution is 2.34. The predicted octanol–water partition coefficient (Wildman–Crippen LogP) is 1.60. The Hall–Kier alpha value is -1.62. The fourth-order valence-corrected chi connectivity index (χ4v) is 1.54. The predicted molar refractivity (Wildman–Crippen MR) is 59.1 cm³/mol. The maximum absolute atomic E-state index is 10.8. The molecule has 88 valence electrons. The molecule has 0 unspecified atom stereocenters. The molecule has 1 aromatic carbocycles. The number of amides is 1. The first kappa shape index (κ1) is 12.4. The summed E-state index contributed by atoms with van der Waals surface area (Å²) < 4.78 is 9.71. The number of aromatic hydroxyl groups is 1. The summed E-state index contributed by atoms with van der Waals surface area (Å²) in [6.07, 6.45) is -0.470. The van der Waals surface area contributed by atoms with Gasteiger partial charge >= 0.3 is 6.09 Å². The van der Waals surface area contributed by atoms with Crippen LogP contribution >= 0.6 is 12.4 Å². The van der Waals surface area contributed by atoms with Crippen molar-refractivity contribution >= 4 is 18.5 Å². The second-order valence-corrected chi connectivity index (χ2v) is 3.19. The maximum Gasteiger partial charge on any atom is 0.407 e. The van der Waals surface area contributed by atoms with Crippen LogP contribution < -0.4 is 10.1 Å². The average Bonchev–Trinajstić information content (AvgIpc) is 2.65. The van der Waals surface area contributed by atoms with Crippen LogP contribution in [0.3, 0.4) is 0 Å². The van der Waals surface area contributed by atoms with Crippen molar-refractivity contribution in [3.8, 4) is 11.5 Å². The van der Waals surface area contributed by atoms with Crippen LogP contribution in [-0.2, 0) is 4.74 Å². The van der Waals surface area contributed by atoms with Crippen molar-refractivity contribution in [2.75, 3.05) is 13.7 Å². The van der Waals surface area contributed by atoms with E-state index in [1.807, 2.05) is 0 Å². The van der Waals surface area contributed by atoms with Crippen molar-refractivity contribution < 1.29 is 19.4 Å². The number of halogens is 1. The SMILES string of the molecule is COc1cccc([C@H]2COC(=O)N2)c1O.Cl. The van der Waals surface area contributed by atoms with Crippen LogP contribution in [0.25, 0.3) is 0 Å². The monoisotopic (exact) mass is 245 g/mol. The van der Waals surface area contributed by atoms with Crippen molar-refractivity contribution in [2.24, 2.45) is 0 Å². The van der Waals surface area contributed by atoms with Crippen molar-refractivity contribution in [2.45, 2.75) is 6.04 Å². The van der Waals surface area contributed by atoms with Crippen LogP contribution in [0.15, 0.2) is 18.2 Å². The Balaban J connectivity index is 0.00000128. The van der Waals surface area contributed by atoms with Gasteiger partial charge in [0.1, 0.15) is 6.61 Å². The highest BCUT2D eigenvalue weighted by molar-refractivity contribution is 5.85. The number of nitrogens with one attached hydrogen (secondary N) is 1. The molecule has 0 spiro atoms. The fourth-order valence-electron chi connectivity index (χ4n) is 1.54. The highest BCUT2D eigenvalue weighted by atomic mass is 35.5. The number of carbonyl (C=O) groups is 1. The quantitative estimate of drug-likeness (QED) is 0.831. The van der Waals surface area contributed by atoms with Gasteiger partial charge in [0.05, 0.1) is 13.2 Å². The van der Waals surface area contributed by atoms with E-state index in [0.29, 0.717) is 11.3 Å². The van der Waals surface area contributed by atoms with E-state index in [4.69, 9.17) is 9.47 Å². The van der Waals surface area contributed by atoms with Gasteiger partial charge in [0.25, 0.3) is 0 Å². The van der Waals surface area contributed by atoms with Gasteiger partial charge in [-0.2, -0.15) is 0 Å². The molecule has 0 bridgehead atoms. The molecule has 2 rings (SSSR count). The second kappa shape index (κ2) is 4.94. The van der Waals surface area contributed by atoms with Crippen LogP contribution in [0.2, 0.25) is 0 Å². The van der Waals surface area contributed by atoms with Gasteiger partial charge in [-0.05, 0) is 6.07 Å². The number of rotatable bonds is 2. The molecule has 1 aliphatic heterocycles.